The Hall–Kier alpha value is -1.31. The molecule has 0 aliphatic carbocycles. The van der Waals surface area contributed by atoms with Crippen molar-refractivity contribution in [3.8, 4) is 5.88 Å². The molecule has 0 spiro atoms. The van der Waals surface area contributed by atoms with Crippen LogP contribution in [0, 0.1) is 5.41 Å². The number of pyridine rings is 2. The van der Waals surface area contributed by atoms with Gasteiger partial charge in [0.15, 0.2) is 0 Å². The molecule has 0 amide bonds. The summed E-state index contributed by atoms with van der Waals surface area (Å²) in [7, 11) is -1.28. The van der Waals surface area contributed by atoms with Crippen LogP contribution in [0.5, 0.6) is 5.88 Å². The van der Waals surface area contributed by atoms with Gasteiger partial charge in [0.05, 0.1) is 9.37 Å². The van der Waals surface area contributed by atoms with Crippen molar-refractivity contribution < 1.29 is 8.95 Å². The van der Waals surface area contributed by atoms with Crippen LogP contribution in [-0.2, 0) is 17.6 Å². The Bertz CT molecular complexity index is 690. The SMILES string of the molecule is CC(C)(C)CCNS(=O)c1cnc(OCc2ccncc2)c(Br)c1. The maximum atomic E-state index is 12.3. The van der Waals surface area contributed by atoms with Crippen LogP contribution in [-0.4, -0.2) is 20.7 Å². The van der Waals surface area contributed by atoms with Gasteiger partial charge in [-0.15, -0.1) is 0 Å². The van der Waals surface area contributed by atoms with Crippen LogP contribution >= 0.6 is 15.9 Å². The molecule has 2 rings (SSSR count). The monoisotopic (exact) mass is 411 g/mol. The van der Waals surface area contributed by atoms with E-state index in [1.165, 1.54) is 0 Å². The molecule has 5 nitrogen and oxygen atoms in total. The molecular weight excluding hydrogens is 390 g/mol. The standard InChI is InChI=1S/C17H22BrN3O2S/c1-17(2,3)6-9-21-24(22)14-10-15(18)16(20-11-14)23-12-13-4-7-19-8-5-13/h4-5,7-8,10-11,21H,6,9,12H2,1-3H3. The predicted molar refractivity (Wildman–Crippen MR) is 99.0 cm³/mol. The van der Waals surface area contributed by atoms with Crippen molar-refractivity contribution in [2.75, 3.05) is 6.54 Å². The molecule has 2 aromatic heterocycles. The van der Waals surface area contributed by atoms with Gasteiger partial charge in [0.25, 0.3) is 0 Å². The second-order valence-corrected chi connectivity index (χ2v) is 8.73. The quantitative estimate of drug-likeness (QED) is 0.750. The first-order valence-corrected chi connectivity index (χ1v) is 9.62. The third kappa shape index (κ3) is 6.30. The highest BCUT2D eigenvalue weighted by molar-refractivity contribution is 9.10. The molecule has 0 radical (unpaired) electrons. The van der Waals surface area contributed by atoms with Crippen LogP contribution in [0.3, 0.4) is 0 Å². The van der Waals surface area contributed by atoms with E-state index in [-0.39, 0.29) is 5.41 Å². The summed E-state index contributed by atoms with van der Waals surface area (Å²) >= 11 is 3.43. The largest absolute Gasteiger partial charge is 0.472 e. The summed E-state index contributed by atoms with van der Waals surface area (Å²) in [4.78, 5) is 8.84. The van der Waals surface area contributed by atoms with Gasteiger partial charge in [-0.2, -0.15) is 0 Å². The Morgan fingerprint density at radius 1 is 1.29 bits per heavy atom. The van der Waals surface area contributed by atoms with Gasteiger partial charge in [0.2, 0.25) is 5.88 Å². The van der Waals surface area contributed by atoms with Crippen LogP contribution in [0.1, 0.15) is 32.8 Å². The summed E-state index contributed by atoms with van der Waals surface area (Å²) < 4.78 is 21.6. The Morgan fingerprint density at radius 3 is 2.62 bits per heavy atom. The van der Waals surface area contributed by atoms with E-state index < -0.39 is 11.0 Å². The van der Waals surface area contributed by atoms with Gasteiger partial charge in [0, 0.05) is 25.1 Å². The van der Waals surface area contributed by atoms with Crippen molar-refractivity contribution in [1.82, 2.24) is 14.7 Å². The molecule has 1 unspecified atom stereocenters. The first kappa shape index (κ1) is 19.0. The molecule has 130 valence electrons. The average Bonchev–Trinajstić information content (AvgIpc) is 2.53. The third-order valence-electron chi connectivity index (χ3n) is 3.23. The fourth-order valence-corrected chi connectivity index (χ4v) is 3.29. The van der Waals surface area contributed by atoms with Gasteiger partial charge in [-0.1, -0.05) is 20.8 Å². The first-order chi connectivity index (χ1) is 11.3. The summed E-state index contributed by atoms with van der Waals surface area (Å²) in [6.45, 7) is 7.56. The molecule has 24 heavy (non-hydrogen) atoms. The molecule has 0 saturated heterocycles. The van der Waals surface area contributed by atoms with E-state index in [0.717, 1.165) is 12.0 Å². The lowest BCUT2D eigenvalue weighted by Crippen LogP contribution is -2.22. The molecule has 0 aliphatic heterocycles. The van der Waals surface area contributed by atoms with Crippen LogP contribution in [0.4, 0.5) is 0 Å². The summed E-state index contributed by atoms with van der Waals surface area (Å²) in [5, 5.41) is 0. The van der Waals surface area contributed by atoms with E-state index in [0.29, 0.717) is 28.4 Å². The Morgan fingerprint density at radius 2 is 2.00 bits per heavy atom. The number of rotatable bonds is 7. The lowest BCUT2D eigenvalue weighted by atomic mass is 9.93. The topological polar surface area (TPSA) is 64.1 Å². The minimum absolute atomic E-state index is 0.209. The van der Waals surface area contributed by atoms with E-state index in [4.69, 9.17) is 4.74 Å². The smallest absolute Gasteiger partial charge is 0.228 e. The van der Waals surface area contributed by atoms with Crippen LogP contribution in [0.2, 0.25) is 0 Å². The highest BCUT2D eigenvalue weighted by Gasteiger charge is 2.13. The van der Waals surface area contributed by atoms with E-state index >= 15 is 0 Å². The molecule has 0 fully saturated rings. The van der Waals surface area contributed by atoms with Gasteiger partial charge in [-0.05, 0) is 51.5 Å². The van der Waals surface area contributed by atoms with Gasteiger partial charge in [-0.3, -0.25) is 4.98 Å². The number of ether oxygens (including phenoxy) is 1. The van der Waals surface area contributed by atoms with Gasteiger partial charge in [0.1, 0.15) is 17.6 Å². The average molecular weight is 412 g/mol. The maximum Gasteiger partial charge on any atom is 0.228 e. The van der Waals surface area contributed by atoms with Crippen molar-refractivity contribution in [2.24, 2.45) is 5.41 Å². The van der Waals surface area contributed by atoms with Crippen molar-refractivity contribution in [3.63, 3.8) is 0 Å². The van der Waals surface area contributed by atoms with Crippen molar-refractivity contribution >= 4 is 26.9 Å². The molecule has 1 N–H and O–H groups in total. The number of nitrogens with one attached hydrogen (secondary N) is 1. The van der Waals surface area contributed by atoms with Gasteiger partial charge in [-0.25, -0.2) is 13.9 Å². The highest BCUT2D eigenvalue weighted by Crippen LogP contribution is 2.25. The number of hydrogen-bond donors (Lipinski definition) is 1. The lowest BCUT2D eigenvalue weighted by Gasteiger charge is -2.17. The summed E-state index contributed by atoms with van der Waals surface area (Å²) in [5.41, 5.74) is 1.22. The maximum absolute atomic E-state index is 12.3. The van der Waals surface area contributed by atoms with E-state index in [1.54, 1.807) is 24.7 Å². The molecule has 0 saturated carbocycles. The van der Waals surface area contributed by atoms with Crippen LogP contribution in [0.25, 0.3) is 0 Å². The van der Waals surface area contributed by atoms with E-state index in [1.807, 2.05) is 12.1 Å². The van der Waals surface area contributed by atoms with Gasteiger partial charge < -0.3 is 4.74 Å². The van der Waals surface area contributed by atoms with Crippen LogP contribution in [0.15, 0.2) is 46.2 Å². The fourth-order valence-electron chi connectivity index (χ4n) is 1.85. The Kier molecular flexibility index (Phi) is 6.89. The summed E-state index contributed by atoms with van der Waals surface area (Å²) in [6, 6.07) is 5.54. The first-order valence-electron chi connectivity index (χ1n) is 7.68. The molecular formula is C17H22BrN3O2S. The van der Waals surface area contributed by atoms with E-state index in [2.05, 4.69) is 51.4 Å². The summed E-state index contributed by atoms with van der Waals surface area (Å²) in [5.74, 6) is 0.474. The third-order valence-corrected chi connectivity index (χ3v) is 4.92. The fraction of sp³-hybridized carbons (Fsp3) is 0.412. The normalized spacial score (nSPS) is 12.8. The molecule has 0 aromatic carbocycles. The zero-order valence-electron chi connectivity index (χ0n) is 14.1. The van der Waals surface area contributed by atoms with Crippen molar-refractivity contribution in [1.29, 1.82) is 0 Å². The molecule has 0 bridgehead atoms. The zero-order chi connectivity index (χ0) is 17.6. The molecule has 2 heterocycles. The highest BCUT2D eigenvalue weighted by atomic mass is 79.9. The number of nitrogens with zero attached hydrogens (tertiary/aromatic N) is 2. The van der Waals surface area contributed by atoms with Crippen LogP contribution < -0.4 is 9.46 Å². The van der Waals surface area contributed by atoms with Gasteiger partial charge >= 0.3 is 0 Å². The lowest BCUT2D eigenvalue weighted by molar-refractivity contribution is 0.291. The predicted octanol–water partition coefficient (Wildman–Crippen LogP) is 3.87. The second kappa shape index (κ2) is 8.69. The van der Waals surface area contributed by atoms with Crippen molar-refractivity contribution in [3.05, 3.63) is 46.8 Å². The minimum Gasteiger partial charge on any atom is -0.472 e. The Balaban J connectivity index is 1.92. The molecule has 7 heteroatoms. The molecule has 1 atom stereocenters. The minimum atomic E-state index is -1.28. The number of halogens is 1. The summed E-state index contributed by atoms with van der Waals surface area (Å²) in [6.07, 6.45) is 5.96. The number of aromatic nitrogens is 2. The van der Waals surface area contributed by atoms with E-state index in [9.17, 15) is 4.21 Å². The van der Waals surface area contributed by atoms with Crippen molar-refractivity contribution in [2.45, 2.75) is 38.7 Å². The molecule has 0 aliphatic rings. The zero-order valence-corrected chi connectivity index (χ0v) is 16.5. The number of hydrogen-bond acceptors (Lipinski definition) is 4. The Labute approximate surface area is 154 Å². The second-order valence-electron chi connectivity index (χ2n) is 6.58. The molecule has 2 aromatic rings.